The maximum absolute atomic E-state index is 11.1. The molecule has 5 nitrogen and oxygen atoms in total. The second-order valence-electron chi connectivity index (χ2n) is 7.48. The van der Waals surface area contributed by atoms with Crippen LogP contribution in [0.1, 0.15) is 50.9 Å². The van der Waals surface area contributed by atoms with E-state index < -0.39 is 0 Å². The second-order valence-corrected chi connectivity index (χ2v) is 7.48. The van der Waals surface area contributed by atoms with Crippen molar-refractivity contribution in [3.05, 3.63) is 59.9 Å². The number of ether oxygens (including phenoxy) is 1. The lowest BCUT2D eigenvalue weighted by molar-refractivity contribution is -0.118. The highest BCUT2D eigenvalue weighted by atomic mass is 16.5. The van der Waals surface area contributed by atoms with E-state index in [9.17, 15) is 4.79 Å². The largest absolute Gasteiger partial charge is 0.492 e. The quantitative estimate of drug-likeness (QED) is 0.508. The molecule has 0 fully saturated rings. The van der Waals surface area contributed by atoms with Crippen molar-refractivity contribution in [1.29, 1.82) is 0 Å². The predicted molar refractivity (Wildman–Crippen MR) is 117 cm³/mol. The third kappa shape index (κ3) is 5.59. The summed E-state index contributed by atoms with van der Waals surface area (Å²) in [5.74, 6) is 2.51. The minimum Gasteiger partial charge on any atom is -0.492 e. The molecule has 0 bridgehead atoms. The fourth-order valence-corrected chi connectivity index (χ4v) is 3.46. The van der Waals surface area contributed by atoms with E-state index in [2.05, 4.69) is 54.1 Å². The number of para-hydroxylation sites is 2. The van der Waals surface area contributed by atoms with Crippen molar-refractivity contribution in [2.24, 2.45) is 0 Å². The van der Waals surface area contributed by atoms with Crippen LogP contribution in [0.4, 0.5) is 0 Å². The summed E-state index contributed by atoms with van der Waals surface area (Å²) < 4.78 is 8.24. The first-order valence-corrected chi connectivity index (χ1v) is 10.5. The summed E-state index contributed by atoms with van der Waals surface area (Å²) in [5, 5.41) is 2.85. The summed E-state index contributed by atoms with van der Waals surface area (Å²) in [4.78, 5) is 15.9. The molecule has 0 radical (unpaired) electrons. The van der Waals surface area contributed by atoms with Gasteiger partial charge in [-0.2, -0.15) is 0 Å². The molecule has 1 amide bonds. The van der Waals surface area contributed by atoms with Crippen molar-refractivity contribution in [2.45, 2.75) is 52.5 Å². The third-order valence-electron chi connectivity index (χ3n) is 5.33. The van der Waals surface area contributed by atoms with Gasteiger partial charge >= 0.3 is 0 Å². The first kappa shape index (κ1) is 20.9. The number of rotatable bonds is 10. The van der Waals surface area contributed by atoms with Crippen molar-refractivity contribution in [3.63, 3.8) is 0 Å². The van der Waals surface area contributed by atoms with E-state index >= 15 is 0 Å². The normalized spacial score (nSPS) is 12.1. The average molecular weight is 394 g/mol. The van der Waals surface area contributed by atoms with Gasteiger partial charge in [-0.25, -0.2) is 4.98 Å². The highest BCUT2D eigenvalue weighted by Gasteiger charge is 2.10. The molecule has 1 N–H and O–H groups in total. The zero-order valence-corrected chi connectivity index (χ0v) is 17.6. The Hall–Kier alpha value is -2.82. The smallest absolute Gasteiger partial charge is 0.216 e. The highest BCUT2D eigenvalue weighted by Crippen LogP contribution is 2.22. The molecular weight excluding hydrogens is 362 g/mol. The van der Waals surface area contributed by atoms with Crippen LogP contribution in [-0.2, 0) is 17.8 Å². The van der Waals surface area contributed by atoms with Gasteiger partial charge in [0.05, 0.1) is 17.6 Å². The summed E-state index contributed by atoms with van der Waals surface area (Å²) in [6.45, 7) is 7.98. The number of hydrogen-bond donors (Lipinski definition) is 1. The number of carbonyl (C=O) groups is 1. The Bertz CT molecular complexity index is 931. The number of hydrogen-bond acceptors (Lipinski definition) is 3. The van der Waals surface area contributed by atoms with Crippen LogP contribution in [-0.4, -0.2) is 28.6 Å². The minimum absolute atomic E-state index is 0.00579. The van der Waals surface area contributed by atoms with Crippen LogP contribution in [0.2, 0.25) is 0 Å². The fourth-order valence-electron chi connectivity index (χ4n) is 3.46. The summed E-state index contributed by atoms with van der Waals surface area (Å²) in [6, 6.07) is 16.6. The SMILES string of the molecule is CCC(C)c1ccc(OCCn2c(CCCNC(C)=O)nc3ccccc32)cc1. The number of amides is 1. The molecule has 1 aromatic heterocycles. The molecule has 1 heterocycles. The van der Waals surface area contributed by atoms with Gasteiger partial charge in [0.1, 0.15) is 18.2 Å². The van der Waals surface area contributed by atoms with Gasteiger partial charge in [-0.05, 0) is 48.6 Å². The molecule has 0 saturated heterocycles. The Kier molecular flexibility index (Phi) is 7.28. The van der Waals surface area contributed by atoms with Gasteiger partial charge < -0.3 is 14.6 Å². The number of carbonyl (C=O) groups excluding carboxylic acids is 1. The van der Waals surface area contributed by atoms with Gasteiger partial charge in [0, 0.05) is 19.9 Å². The zero-order valence-electron chi connectivity index (χ0n) is 17.6. The van der Waals surface area contributed by atoms with Crippen molar-refractivity contribution in [1.82, 2.24) is 14.9 Å². The van der Waals surface area contributed by atoms with E-state index in [-0.39, 0.29) is 5.91 Å². The van der Waals surface area contributed by atoms with Crippen LogP contribution in [0, 0.1) is 0 Å². The molecule has 1 atom stereocenters. The molecule has 0 saturated carbocycles. The van der Waals surface area contributed by atoms with E-state index in [0.717, 1.165) is 48.4 Å². The Morgan fingerprint density at radius 3 is 2.66 bits per heavy atom. The number of benzene rings is 2. The van der Waals surface area contributed by atoms with Crippen LogP contribution >= 0.6 is 0 Å². The number of fused-ring (bicyclic) bond motifs is 1. The predicted octanol–water partition coefficient (Wildman–Crippen LogP) is 4.70. The second kappa shape index (κ2) is 10.1. The van der Waals surface area contributed by atoms with Crippen LogP contribution in [0.3, 0.4) is 0 Å². The minimum atomic E-state index is 0.00579. The first-order valence-electron chi connectivity index (χ1n) is 10.5. The lowest BCUT2D eigenvalue weighted by atomic mass is 9.99. The standard InChI is InChI=1S/C24H31N3O2/c1-4-18(2)20-11-13-21(14-12-20)29-17-16-27-23-9-6-5-8-22(23)26-24(27)10-7-15-25-19(3)28/h5-6,8-9,11-14,18H,4,7,10,15-17H2,1-3H3,(H,25,28). The number of aryl methyl sites for hydroxylation is 1. The van der Waals surface area contributed by atoms with Gasteiger partial charge in [0.25, 0.3) is 0 Å². The van der Waals surface area contributed by atoms with Crippen LogP contribution < -0.4 is 10.1 Å². The van der Waals surface area contributed by atoms with Crippen molar-refractivity contribution >= 4 is 16.9 Å². The molecule has 0 aliphatic carbocycles. The molecule has 3 rings (SSSR count). The number of nitrogens with zero attached hydrogens (tertiary/aromatic N) is 2. The van der Waals surface area contributed by atoms with E-state index in [1.54, 1.807) is 6.92 Å². The van der Waals surface area contributed by atoms with E-state index in [1.165, 1.54) is 5.56 Å². The zero-order chi connectivity index (χ0) is 20.6. The lowest BCUT2D eigenvalue weighted by Crippen LogP contribution is -2.21. The maximum Gasteiger partial charge on any atom is 0.216 e. The van der Waals surface area contributed by atoms with Gasteiger partial charge in [0.15, 0.2) is 0 Å². The molecule has 0 spiro atoms. The van der Waals surface area contributed by atoms with Gasteiger partial charge in [0.2, 0.25) is 5.91 Å². The average Bonchev–Trinajstić information content (AvgIpc) is 3.08. The van der Waals surface area contributed by atoms with Gasteiger partial charge in [-0.15, -0.1) is 0 Å². The molecule has 154 valence electrons. The van der Waals surface area contributed by atoms with Crippen molar-refractivity contribution in [2.75, 3.05) is 13.2 Å². The summed E-state index contributed by atoms with van der Waals surface area (Å²) in [6.07, 6.45) is 2.82. The number of aromatic nitrogens is 2. The summed E-state index contributed by atoms with van der Waals surface area (Å²) >= 11 is 0. The molecule has 2 aromatic carbocycles. The van der Waals surface area contributed by atoms with Crippen LogP contribution in [0.15, 0.2) is 48.5 Å². The molecule has 3 aromatic rings. The van der Waals surface area contributed by atoms with Crippen LogP contribution in [0.5, 0.6) is 5.75 Å². The third-order valence-corrected chi connectivity index (χ3v) is 5.33. The Balaban J connectivity index is 1.63. The Morgan fingerprint density at radius 1 is 1.17 bits per heavy atom. The van der Waals surface area contributed by atoms with Crippen molar-refractivity contribution in [3.8, 4) is 5.75 Å². The molecule has 0 aliphatic heterocycles. The van der Waals surface area contributed by atoms with Crippen molar-refractivity contribution < 1.29 is 9.53 Å². The number of nitrogens with one attached hydrogen (secondary N) is 1. The van der Waals surface area contributed by atoms with Crippen LogP contribution in [0.25, 0.3) is 11.0 Å². The molecule has 0 aliphatic rings. The Morgan fingerprint density at radius 2 is 1.93 bits per heavy atom. The van der Waals surface area contributed by atoms with E-state index in [4.69, 9.17) is 9.72 Å². The highest BCUT2D eigenvalue weighted by molar-refractivity contribution is 5.76. The fraction of sp³-hybridized carbons (Fsp3) is 0.417. The van der Waals surface area contributed by atoms with E-state index in [0.29, 0.717) is 19.1 Å². The molecule has 29 heavy (non-hydrogen) atoms. The first-order chi connectivity index (χ1) is 14.1. The topological polar surface area (TPSA) is 56.1 Å². The monoisotopic (exact) mass is 393 g/mol. The van der Waals surface area contributed by atoms with E-state index in [1.807, 2.05) is 18.2 Å². The number of imidazole rings is 1. The Labute approximate surface area is 173 Å². The molecule has 5 heteroatoms. The molecular formula is C24H31N3O2. The summed E-state index contributed by atoms with van der Waals surface area (Å²) in [7, 11) is 0. The summed E-state index contributed by atoms with van der Waals surface area (Å²) in [5.41, 5.74) is 3.47. The lowest BCUT2D eigenvalue weighted by Gasteiger charge is -2.13. The maximum atomic E-state index is 11.1. The molecule has 1 unspecified atom stereocenters. The van der Waals surface area contributed by atoms with Gasteiger partial charge in [-0.1, -0.05) is 38.1 Å². The van der Waals surface area contributed by atoms with Gasteiger partial charge in [-0.3, -0.25) is 4.79 Å².